The minimum atomic E-state index is -1.03. The summed E-state index contributed by atoms with van der Waals surface area (Å²) in [6, 6.07) is 3.11. The molecule has 1 aromatic rings. The van der Waals surface area contributed by atoms with E-state index in [9.17, 15) is 29.7 Å². The first kappa shape index (κ1) is 31.3. The van der Waals surface area contributed by atoms with E-state index in [-0.39, 0.29) is 42.9 Å². The lowest BCUT2D eigenvalue weighted by molar-refractivity contribution is -0.187. The number of carbonyl (C=O) groups is 3. The Morgan fingerprint density at radius 1 is 1.14 bits per heavy atom. The molecule has 5 rings (SSSR count). The van der Waals surface area contributed by atoms with E-state index in [0.29, 0.717) is 57.4 Å². The van der Waals surface area contributed by atoms with Crippen LogP contribution in [0, 0.1) is 0 Å². The summed E-state index contributed by atoms with van der Waals surface area (Å²) >= 11 is 0. The second-order valence-corrected chi connectivity index (χ2v) is 13.6. The molecule has 2 fully saturated rings. The Hall–Kier alpha value is -3.09. The normalized spacial score (nSPS) is 28.9. The van der Waals surface area contributed by atoms with Gasteiger partial charge in [0, 0.05) is 30.2 Å². The van der Waals surface area contributed by atoms with Crippen LogP contribution in [0.1, 0.15) is 70.4 Å². The largest absolute Gasteiger partial charge is 0.504 e. The number of hydrogen-bond acceptors (Lipinski definition) is 8. The van der Waals surface area contributed by atoms with E-state index in [1.165, 1.54) is 4.90 Å². The third-order valence-electron chi connectivity index (χ3n) is 9.96. The van der Waals surface area contributed by atoms with Gasteiger partial charge in [-0.3, -0.25) is 9.59 Å². The number of hydrogen-bond donors (Lipinski definition) is 5. The maximum Gasteiger partial charge on any atom is 0.407 e. The molecule has 238 valence electrons. The van der Waals surface area contributed by atoms with E-state index in [1.807, 2.05) is 33.9 Å². The number of unbranched alkanes of at least 4 members (excludes halogenated alkanes) is 2. The summed E-state index contributed by atoms with van der Waals surface area (Å²) in [5.41, 5.74) is -0.248. The third-order valence-corrected chi connectivity index (χ3v) is 9.96. The maximum atomic E-state index is 12.9. The predicted molar refractivity (Wildman–Crippen MR) is 157 cm³/mol. The maximum absolute atomic E-state index is 12.9. The molecule has 3 amide bonds. The van der Waals surface area contributed by atoms with Crippen molar-refractivity contribution in [3.05, 3.63) is 23.3 Å². The molecule has 2 heterocycles. The van der Waals surface area contributed by atoms with Crippen molar-refractivity contribution in [2.75, 3.05) is 39.9 Å². The topological polar surface area (TPSA) is 161 Å². The number of likely N-dealkylation sites (N-methyl/N-ethyl adjacent to an activating group) is 1. The smallest absolute Gasteiger partial charge is 0.407 e. The van der Waals surface area contributed by atoms with Crippen LogP contribution in [0.3, 0.4) is 0 Å². The molecule has 2 aliphatic heterocycles. The first-order valence-corrected chi connectivity index (χ1v) is 15.4. The molecule has 12 nitrogen and oxygen atoms in total. The van der Waals surface area contributed by atoms with Crippen LogP contribution in [0.15, 0.2) is 12.1 Å². The lowest BCUT2D eigenvalue weighted by Gasteiger charge is -2.63. The minimum absolute atomic E-state index is 0.0498. The van der Waals surface area contributed by atoms with Gasteiger partial charge in [-0.1, -0.05) is 6.07 Å². The van der Waals surface area contributed by atoms with Gasteiger partial charge in [0.05, 0.1) is 17.1 Å². The number of carboxylic acid groups (broad SMARTS) is 1. The summed E-state index contributed by atoms with van der Waals surface area (Å²) in [6.45, 7) is 6.68. The number of nitrogens with zero attached hydrogens (tertiary/aromatic N) is 2. The molecule has 2 aliphatic carbocycles. The van der Waals surface area contributed by atoms with Crippen molar-refractivity contribution in [3.63, 3.8) is 0 Å². The van der Waals surface area contributed by atoms with Gasteiger partial charge in [0.15, 0.2) is 11.5 Å². The Morgan fingerprint density at radius 2 is 1.88 bits per heavy atom. The summed E-state index contributed by atoms with van der Waals surface area (Å²) in [5.74, 6) is -0.223. The van der Waals surface area contributed by atoms with Crippen molar-refractivity contribution in [1.29, 1.82) is 0 Å². The number of ether oxygens (including phenoxy) is 2. The zero-order chi connectivity index (χ0) is 31.2. The van der Waals surface area contributed by atoms with Crippen LogP contribution in [0.25, 0.3) is 0 Å². The van der Waals surface area contributed by atoms with E-state index >= 15 is 0 Å². The Kier molecular flexibility index (Phi) is 8.58. The highest BCUT2D eigenvalue weighted by atomic mass is 16.5. The lowest BCUT2D eigenvalue weighted by atomic mass is 9.48. The van der Waals surface area contributed by atoms with E-state index in [1.54, 1.807) is 6.07 Å². The fourth-order valence-corrected chi connectivity index (χ4v) is 7.95. The van der Waals surface area contributed by atoms with Crippen LogP contribution in [0.2, 0.25) is 0 Å². The number of nitrogens with one attached hydrogen (secondary N) is 2. The predicted octanol–water partition coefficient (Wildman–Crippen LogP) is 1.74. The molecule has 1 saturated carbocycles. The molecular formula is C31H46N4O8. The van der Waals surface area contributed by atoms with Crippen molar-refractivity contribution in [2.24, 2.45) is 0 Å². The van der Waals surface area contributed by atoms with Gasteiger partial charge in [-0.2, -0.15) is 0 Å². The lowest BCUT2D eigenvalue weighted by Crippen LogP contribution is -2.77. The summed E-state index contributed by atoms with van der Waals surface area (Å²) in [7, 11) is 2.04. The number of phenolic OH excluding ortho intramolecular Hbond substituents is 1. The van der Waals surface area contributed by atoms with Crippen molar-refractivity contribution >= 4 is 17.9 Å². The van der Waals surface area contributed by atoms with Gasteiger partial charge in [0.1, 0.15) is 19.3 Å². The Morgan fingerprint density at radius 3 is 2.60 bits per heavy atom. The third kappa shape index (κ3) is 5.53. The molecule has 1 unspecified atom stereocenters. The molecule has 1 spiro atoms. The molecule has 2 bridgehead atoms. The fourth-order valence-electron chi connectivity index (χ4n) is 7.95. The number of carbonyl (C=O) groups excluding carboxylic acids is 2. The molecule has 12 heteroatoms. The molecule has 4 aliphatic rings. The van der Waals surface area contributed by atoms with E-state index in [0.717, 1.165) is 24.1 Å². The summed E-state index contributed by atoms with van der Waals surface area (Å²) in [6.07, 6.45) is 3.06. The first-order chi connectivity index (χ1) is 20.3. The molecular weight excluding hydrogens is 556 g/mol. The number of benzene rings is 1. The highest BCUT2D eigenvalue weighted by Gasteiger charge is 2.72. The van der Waals surface area contributed by atoms with Crippen LogP contribution in [0.5, 0.6) is 11.5 Å². The average molecular weight is 603 g/mol. The fraction of sp³-hybridized carbons (Fsp3) is 0.710. The SMILES string of the molecule is CN1CC[C@]23c4c5ccc(O)c4O[C@H]2[C@@H](NC(=O)COCC(=O)NCCCCCN(C(=O)O)C(C)(C)C)CC[C@@]3(O)C1C5. The summed E-state index contributed by atoms with van der Waals surface area (Å²) in [5, 5.41) is 38.0. The zero-order valence-corrected chi connectivity index (χ0v) is 25.6. The van der Waals surface area contributed by atoms with Crippen LogP contribution >= 0.6 is 0 Å². The van der Waals surface area contributed by atoms with E-state index in [2.05, 4.69) is 15.5 Å². The molecule has 5 N–H and O–H groups in total. The van der Waals surface area contributed by atoms with E-state index < -0.39 is 28.8 Å². The van der Waals surface area contributed by atoms with Crippen LogP contribution < -0.4 is 15.4 Å². The number of aliphatic hydroxyl groups is 1. The quantitative estimate of drug-likeness (QED) is 0.238. The van der Waals surface area contributed by atoms with Crippen LogP contribution in [-0.4, -0.2) is 112 Å². The van der Waals surface area contributed by atoms with Crippen molar-refractivity contribution in [3.8, 4) is 11.5 Å². The van der Waals surface area contributed by atoms with Gasteiger partial charge in [-0.15, -0.1) is 0 Å². The second-order valence-electron chi connectivity index (χ2n) is 13.6. The minimum Gasteiger partial charge on any atom is -0.504 e. The number of piperidine rings is 1. The number of likely N-dealkylation sites (tertiary alicyclic amines) is 1. The van der Waals surface area contributed by atoms with Gasteiger partial charge >= 0.3 is 6.09 Å². The Labute approximate surface area is 252 Å². The Balaban J connectivity index is 1.09. The van der Waals surface area contributed by atoms with Gasteiger partial charge in [0.2, 0.25) is 11.8 Å². The van der Waals surface area contributed by atoms with Crippen molar-refractivity contribution in [2.45, 2.75) is 100 Å². The zero-order valence-electron chi connectivity index (χ0n) is 25.6. The number of aromatic hydroxyl groups is 1. The number of amides is 3. The number of phenols is 1. The van der Waals surface area contributed by atoms with Gasteiger partial charge in [0.25, 0.3) is 0 Å². The van der Waals surface area contributed by atoms with Crippen LogP contribution in [0.4, 0.5) is 4.79 Å². The molecule has 0 radical (unpaired) electrons. The average Bonchev–Trinajstić information content (AvgIpc) is 3.28. The van der Waals surface area contributed by atoms with Crippen molar-refractivity contribution in [1.82, 2.24) is 20.4 Å². The molecule has 1 saturated heterocycles. The number of rotatable bonds is 11. The Bertz CT molecular complexity index is 1250. The van der Waals surface area contributed by atoms with E-state index in [4.69, 9.17) is 9.47 Å². The standard InChI is InChI=1S/C31H46N4O8/c1-29(2,3)35(28(39)40)14-7-5-6-13-32-23(37)17-42-18-24(38)33-20-10-11-31(41)22-16-19-8-9-21(36)26-25(19)30(31,27(20)43-26)12-15-34(22)4/h8-9,20,22,27,36,41H,5-7,10-18H2,1-4H3,(H,32,37)(H,33,38)(H,39,40)/t20-,22?,27-,30-,31+/m0/s1. The molecule has 5 atom stereocenters. The molecule has 0 aromatic heterocycles. The van der Waals surface area contributed by atoms with Crippen LogP contribution in [-0.2, 0) is 26.2 Å². The first-order valence-electron chi connectivity index (χ1n) is 15.4. The van der Waals surface area contributed by atoms with Gasteiger partial charge in [-0.05, 0) is 90.9 Å². The molecule has 43 heavy (non-hydrogen) atoms. The molecule has 1 aromatic carbocycles. The van der Waals surface area contributed by atoms with Crippen molar-refractivity contribution < 1.29 is 39.2 Å². The van der Waals surface area contributed by atoms with Gasteiger partial charge < -0.3 is 45.2 Å². The highest BCUT2D eigenvalue weighted by molar-refractivity contribution is 5.80. The second kappa shape index (κ2) is 11.8. The van der Waals surface area contributed by atoms with Gasteiger partial charge in [-0.25, -0.2) is 4.79 Å². The summed E-state index contributed by atoms with van der Waals surface area (Å²) < 4.78 is 11.8. The highest BCUT2D eigenvalue weighted by Crippen LogP contribution is 2.65. The monoisotopic (exact) mass is 602 g/mol. The summed E-state index contributed by atoms with van der Waals surface area (Å²) in [4.78, 5) is 40.2.